The van der Waals surface area contributed by atoms with Crippen molar-refractivity contribution in [2.45, 2.75) is 31.7 Å². The molecule has 2 amide bonds. The van der Waals surface area contributed by atoms with E-state index in [2.05, 4.69) is 5.32 Å². The van der Waals surface area contributed by atoms with Crippen LogP contribution in [0.2, 0.25) is 0 Å². The van der Waals surface area contributed by atoms with Gasteiger partial charge in [-0.2, -0.15) is 0 Å². The Bertz CT molecular complexity index is 520. The van der Waals surface area contributed by atoms with Crippen LogP contribution in [0, 0.1) is 0 Å². The van der Waals surface area contributed by atoms with Crippen LogP contribution >= 0.6 is 0 Å². The number of fused-ring (bicyclic) bond motifs is 1. The lowest BCUT2D eigenvalue weighted by molar-refractivity contribution is -0.158. The standard InChI is InChI=1S/C15H18N2O4/c18-14-12(10-20-13-7-4-8-17(13)14)16-15(19)21-9-11-5-2-1-3-6-11/h1-3,5-6,12-13H,4,7-10H2,(H,16,19)/t12-,13-/m0/s1. The van der Waals surface area contributed by atoms with Crippen molar-refractivity contribution < 1.29 is 19.1 Å². The molecule has 0 aromatic heterocycles. The first kappa shape index (κ1) is 13.9. The zero-order valence-corrected chi connectivity index (χ0v) is 11.7. The van der Waals surface area contributed by atoms with Gasteiger partial charge in [0, 0.05) is 6.54 Å². The van der Waals surface area contributed by atoms with Crippen LogP contribution in [0.15, 0.2) is 30.3 Å². The van der Waals surface area contributed by atoms with E-state index in [-0.39, 0.29) is 25.3 Å². The molecule has 0 radical (unpaired) electrons. The van der Waals surface area contributed by atoms with E-state index in [9.17, 15) is 9.59 Å². The fourth-order valence-electron chi connectivity index (χ4n) is 2.65. The molecule has 2 fully saturated rings. The van der Waals surface area contributed by atoms with Crippen molar-refractivity contribution in [2.24, 2.45) is 0 Å². The van der Waals surface area contributed by atoms with Crippen LogP contribution in [-0.2, 0) is 20.9 Å². The Morgan fingerprint density at radius 1 is 1.38 bits per heavy atom. The molecule has 112 valence electrons. The average molecular weight is 290 g/mol. The van der Waals surface area contributed by atoms with Crippen molar-refractivity contribution in [3.05, 3.63) is 35.9 Å². The maximum absolute atomic E-state index is 12.2. The van der Waals surface area contributed by atoms with E-state index in [1.165, 1.54) is 0 Å². The Morgan fingerprint density at radius 2 is 2.19 bits per heavy atom. The third kappa shape index (κ3) is 3.16. The number of nitrogens with zero attached hydrogens (tertiary/aromatic N) is 1. The Morgan fingerprint density at radius 3 is 3.00 bits per heavy atom. The average Bonchev–Trinajstić information content (AvgIpc) is 2.98. The lowest BCUT2D eigenvalue weighted by atomic mass is 10.2. The highest BCUT2D eigenvalue weighted by atomic mass is 16.6. The molecule has 2 atom stereocenters. The number of nitrogens with one attached hydrogen (secondary N) is 1. The number of hydrogen-bond acceptors (Lipinski definition) is 4. The predicted octanol–water partition coefficient (Wildman–Crippen LogP) is 1.26. The van der Waals surface area contributed by atoms with Crippen molar-refractivity contribution in [1.82, 2.24) is 10.2 Å². The van der Waals surface area contributed by atoms with Crippen LogP contribution in [0.3, 0.4) is 0 Å². The van der Waals surface area contributed by atoms with Gasteiger partial charge in [0.25, 0.3) is 0 Å². The number of alkyl carbamates (subject to hydrolysis) is 1. The summed E-state index contributed by atoms with van der Waals surface area (Å²) < 4.78 is 10.7. The molecule has 1 N–H and O–H groups in total. The van der Waals surface area contributed by atoms with Crippen LogP contribution in [0.25, 0.3) is 0 Å². The second kappa shape index (κ2) is 6.13. The van der Waals surface area contributed by atoms with Gasteiger partial charge in [0.1, 0.15) is 18.9 Å². The molecule has 6 nitrogen and oxygen atoms in total. The van der Waals surface area contributed by atoms with E-state index in [0.29, 0.717) is 6.54 Å². The van der Waals surface area contributed by atoms with Crippen LogP contribution in [0.4, 0.5) is 4.79 Å². The van der Waals surface area contributed by atoms with Crippen LogP contribution in [0.1, 0.15) is 18.4 Å². The highest BCUT2D eigenvalue weighted by molar-refractivity contribution is 5.86. The first-order valence-electron chi connectivity index (χ1n) is 7.13. The maximum Gasteiger partial charge on any atom is 0.408 e. The van der Waals surface area contributed by atoms with Gasteiger partial charge in [-0.05, 0) is 18.4 Å². The van der Waals surface area contributed by atoms with Gasteiger partial charge in [-0.3, -0.25) is 4.79 Å². The molecule has 21 heavy (non-hydrogen) atoms. The summed E-state index contributed by atoms with van der Waals surface area (Å²) in [6, 6.07) is 8.75. The Hall–Kier alpha value is -2.08. The van der Waals surface area contributed by atoms with Gasteiger partial charge in [-0.15, -0.1) is 0 Å². The highest BCUT2D eigenvalue weighted by Gasteiger charge is 2.39. The number of carbonyl (C=O) groups excluding carboxylic acids is 2. The van der Waals surface area contributed by atoms with Crippen LogP contribution in [0.5, 0.6) is 0 Å². The Kier molecular flexibility index (Phi) is 4.06. The second-order valence-electron chi connectivity index (χ2n) is 5.22. The third-order valence-electron chi connectivity index (χ3n) is 3.74. The minimum atomic E-state index is -0.650. The van der Waals surface area contributed by atoms with E-state index >= 15 is 0 Å². The molecule has 2 aliphatic heterocycles. The summed E-state index contributed by atoms with van der Waals surface area (Å²) in [4.78, 5) is 25.6. The van der Waals surface area contributed by atoms with E-state index in [0.717, 1.165) is 18.4 Å². The van der Waals surface area contributed by atoms with E-state index in [1.54, 1.807) is 4.90 Å². The Labute approximate surface area is 123 Å². The van der Waals surface area contributed by atoms with Crippen molar-refractivity contribution in [3.8, 4) is 0 Å². The maximum atomic E-state index is 12.2. The molecule has 2 saturated heterocycles. The van der Waals surface area contributed by atoms with Crippen LogP contribution in [-0.4, -0.2) is 42.3 Å². The van der Waals surface area contributed by atoms with Gasteiger partial charge in [-0.25, -0.2) is 4.79 Å². The quantitative estimate of drug-likeness (QED) is 0.910. The molecule has 1 aromatic rings. The summed E-state index contributed by atoms with van der Waals surface area (Å²) >= 11 is 0. The number of ether oxygens (including phenoxy) is 2. The fourth-order valence-corrected chi connectivity index (χ4v) is 2.65. The normalized spacial score (nSPS) is 24.6. The smallest absolute Gasteiger partial charge is 0.408 e. The first-order valence-corrected chi connectivity index (χ1v) is 7.13. The van der Waals surface area contributed by atoms with E-state index in [1.807, 2.05) is 30.3 Å². The highest BCUT2D eigenvalue weighted by Crippen LogP contribution is 2.23. The number of hydrogen-bond donors (Lipinski definition) is 1. The summed E-state index contributed by atoms with van der Waals surface area (Å²) in [5, 5.41) is 2.57. The van der Waals surface area contributed by atoms with Crippen molar-refractivity contribution in [2.75, 3.05) is 13.2 Å². The summed E-state index contributed by atoms with van der Waals surface area (Å²) in [6.45, 7) is 1.09. The molecule has 1 aromatic carbocycles. The number of carbonyl (C=O) groups is 2. The van der Waals surface area contributed by atoms with E-state index < -0.39 is 12.1 Å². The second-order valence-corrected chi connectivity index (χ2v) is 5.22. The molecular weight excluding hydrogens is 272 g/mol. The minimum absolute atomic E-state index is 0.0830. The lowest BCUT2D eigenvalue weighted by Gasteiger charge is -2.34. The fraction of sp³-hybridized carbons (Fsp3) is 0.467. The zero-order chi connectivity index (χ0) is 14.7. The SMILES string of the molecule is O=C(N[C@H]1CO[C@H]2CCCN2C1=O)OCc1ccccc1. The molecule has 0 spiro atoms. The molecule has 2 aliphatic rings. The summed E-state index contributed by atoms with van der Waals surface area (Å²) in [5.74, 6) is -0.0830. The molecule has 3 rings (SSSR count). The molecular formula is C15H18N2O4. The van der Waals surface area contributed by atoms with Crippen molar-refractivity contribution >= 4 is 12.0 Å². The number of rotatable bonds is 3. The minimum Gasteiger partial charge on any atom is -0.445 e. The molecule has 2 heterocycles. The van der Waals surface area contributed by atoms with Gasteiger partial charge in [0.05, 0.1) is 6.61 Å². The number of amides is 2. The zero-order valence-electron chi connectivity index (χ0n) is 11.7. The number of benzene rings is 1. The van der Waals surface area contributed by atoms with Gasteiger partial charge in [-0.1, -0.05) is 30.3 Å². The molecule has 0 bridgehead atoms. The first-order chi connectivity index (χ1) is 10.2. The largest absolute Gasteiger partial charge is 0.445 e. The van der Waals surface area contributed by atoms with Crippen LogP contribution < -0.4 is 5.32 Å². The molecule has 6 heteroatoms. The summed E-state index contributed by atoms with van der Waals surface area (Å²) in [5.41, 5.74) is 0.901. The Balaban J connectivity index is 1.49. The van der Waals surface area contributed by atoms with Crippen molar-refractivity contribution in [3.63, 3.8) is 0 Å². The van der Waals surface area contributed by atoms with Gasteiger partial charge in [0.15, 0.2) is 0 Å². The van der Waals surface area contributed by atoms with Gasteiger partial charge < -0.3 is 19.7 Å². The van der Waals surface area contributed by atoms with E-state index in [4.69, 9.17) is 9.47 Å². The van der Waals surface area contributed by atoms with Gasteiger partial charge in [0.2, 0.25) is 5.91 Å². The lowest BCUT2D eigenvalue weighted by Crippen LogP contribution is -2.57. The predicted molar refractivity (Wildman–Crippen MR) is 74.2 cm³/mol. The summed E-state index contributed by atoms with van der Waals surface area (Å²) in [7, 11) is 0. The molecule has 0 aliphatic carbocycles. The monoisotopic (exact) mass is 290 g/mol. The molecule has 0 unspecified atom stereocenters. The molecule has 0 saturated carbocycles. The van der Waals surface area contributed by atoms with Gasteiger partial charge >= 0.3 is 6.09 Å². The van der Waals surface area contributed by atoms with Crippen molar-refractivity contribution in [1.29, 1.82) is 0 Å². The third-order valence-corrected chi connectivity index (χ3v) is 3.74. The topological polar surface area (TPSA) is 67.9 Å². The summed E-state index contributed by atoms with van der Waals surface area (Å²) in [6.07, 6.45) is 1.10.